The largest absolute Gasteiger partial charge is 0.507 e. The summed E-state index contributed by atoms with van der Waals surface area (Å²) in [5.41, 5.74) is 8.55. The Bertz CT molecular complexity index is 2320. The van der Waals surface area contributed by atoms with E-state index in [-0.39, 0.29) is 23.7 Å². The molecular weight excluding hydrogens is 693 g/mol. The highest BCUT2D eigenvalue weighted by Gasteiger charge is 2.28. The maximum absolute atomic E-state index is 13.5. The summed E-state index contributed by atoms with van der Waals surface area (Å²) in [5, 5.41) is 15.9. The monoisotopic (exact) mass is 736 g/mol. The van der Waals surface area contributed by atoms with Crippen molar-refractivity contribution >= 4 is 35.5 Å². The summed E-state index contributed by atoms with van der Waals surface area (Å²) in [6.45, 7) is 14.2. The van der Waals surface area contributed by atoms with Gasteiger partial charge in [-0.3, -0.25) is 25.0 Å². The van der Waals surface area contributed by atoms with Gasteiger partial charge in [0.15, 0.2) is 17.5 Å². The van der Waals surface area contributed by atoms with Crippen molar-refractivity contribution in [1.82, 2.24) is 25.6 Å². The van der Waals surface area contributed by atoms with Gasteiger partial charge < -0.3 is 10.0 Å². The molecule has 4 aromatic carbocycles. The molecule has 0 aliphatic carbocycles. The molecule has 0 bridgehead atoms. The van der Waals surface area contributed by atoms with Gasteiger partial charge in [0.05, 0.1) is 5.56 Å². The molecule has 1 aromatic heterocycles. The molecule has 0 radical (unpaired) electrons. The first-order valence-electron chi connectivity index (χ1n) is 18.0. The van der Waals surface area contributed by atoms with Crippen molar-refractivity contribution in [2.75, 3.05) is 11.9 Å². The zero-order valence-corrected chi connectivity index (χ0v) is 32.3. The van der Waals surface area contributed by atoms with Crippen LogP contribution in [0.3, 0.4) is 0 Å². The first-order valence-corrected chi connectivity index (χ1v) is 18.0. The zero-order chi connectivity index (χ0) is 39.8. The highest BCUT2D eigenvalue weighted by Crippen LogP contribution is 2.40. The van der Waals surface area contributed by atoms with Gasteiger partial charge in [0.1, 0.15) is 11.3 Å². The number of hydrogen-bond acceptors (Lipinski definition) is 8. The predicted molar refractivity (Wildman–Crippen MR) is 213 cm³/mol. The van der Waals surface area contributed by atoms with E-state index in [0.717, 1.165) is 38.9 Å². The molecule has 1 aliphatic rings. The van der Waals surface area contributed by atoms with Crippen molar-refractivity contribution in [2.45, 2.75) is 66.7 Å². The van der Waals surface area contributed by atoms with E-state index in [1.165, 1.54) is 6.08 Å². The van der Waals surface area contributed by atoms with Crippen molar-refractivity contribution < 1.29 is 24.3 Å². The first kappa shape index (κ1) is 38.2. The van der Waals surface area contributed by atoms with Crippen LogP contribution in [0.2, 0.25) is 0 Å². The number of rotatable bonds is 8. The SMILES string of the molecule is Cc1ccc(-c2nc(-c3ccc(C)cc3C)nc(-c3cc(CCC(=O)N(C)c4ccc(C=C5C(=O)NC(=O)NC5=O)cc4)cc(C(C)(C)C)c3O)n2)c(C)c1. The minimum absolute atomic E-state index is 0.0777. The van der Waals surface area contributed by atoms with Crippen LogP contribution in [0.15, 0.2) is 78.4 Å². The standard InChI is InChI=1S/C44H44N6O5/c1-24-9-16-31(26(3)19-24)38-45-39(32-17-10-25(2)20-27(32)4)47-40(46-38)33-22-29(23-35(37(33)52)44(5,6)7)13-18-36(51)50(8)30-14-11-28(12-15-30)21-34-41(53)48-43(55)49-42(34)54/h9-12,14-17,19-23,52H,13,18H2,1-8H3,(H2,48,49,53,54,55). The number of urea groups is 1. The smallest absolute Gasteiger partial charge is 0.328 e. The van der Waals surface area contributed by atoms with Crippen LogP contribution in [0, 0.1) is 27.7 Å². The number of amides is 5. The number of carbonyl (C=O) groups is 4. The molecule has 1 aliphatic heterocycles. The van der Waals surface area contributed by atoms with Gasteiger partial charge in [0.2, 0.25) is 5.91 Å². The Morgan fingerprint density at radius 1 is 0.727 bits per heavy atom. The second kappa shape index (κ2) is 15.1. The summed E-state index contributed by atoms with van der Waals surface area (Å²) in [6.07, 6.45) is 1.93. The fourth-order valence-electron chi connectivity index (χ4n) is 6.58. The number of nitrogens with zero attached hydrogens (tertiary/aromatic N) is 4. The van der Waals surface area contributed by atoms with Crippen molar-refractivity contribution in [3.63, 3.8) is 0 Å². The van der Waals surface area contributed by atoms with E-state index in [1.54, 1.807) is 36.2 Å². The number of hydrogen-bond donors (Lipinski definition) is 3. The number of aromatic nitrogens is 3. The normalized spacial score (nSPS) is 13.0. The average Bonchev–Trinajstić information content (AvgIpc) is 3.11. The third-order valence-corrected chi connectivity index (χ3v) is 9.64. The summed E-state index contributed by atoms with van der Waals surface area (Å²) < 4.78 is 0. The van der Waals surface area contributed by atoms with Gasteiger partial charge in [0, 0.05) is 35.8 Å². The molecule has 0 atom stereocenters. The molecule has 55 heavy (non-hydrogen) atoms. The molecule has 0 saturated carbocycles. The van der Waals surface area contributed by atoms with Crippen LogP contribution in [0.25, 0.3) is 40.2 Å². The van der Waals surface area contributed by atoms with E-state index < -0.39 is 23.3 Å². The molecule has 6 rings (SSSR count). The summed E-state index contributed by atoms with van der Waals surface area (Å²) in [6, 6.07) is 22.0. The number of carbonyl (C=O) groups excluding carboxylic acids is 4. The lowest BCUT2D eigenvalue weighted by Crippen LogP contribution is -2.51. The van der Waals surface area contributed by atoms with Crippen molar-refractivity contribution in [3.8, 4) is 39.9 Å². The van der Waals surface area contributed by atoms with Gasteiger partial charge in [-0.25, -0.2) is 19.7 Å². The minimum Gasteiger partial charge on any atom is -0.507 e. The zero-order valence-electron chi connectivity index (χ0n) is 32.3. The summed E-state index contributed by atoms with van der Waals surface area (Å²) >= 11 is 0. The Hall–Kier alpha value is -6.49. The van der Waals surface area contributed by atoms with E-state index in [2.05, 4.69) is 22.8 Å². The number of benzene rings is 4. The quantitative estimate of drug-likeness (QED) is 0.110. The van der Waals surface area contributed by atoms with Crippen LogP contribution in [-0.2, 0) is 26.2 Å². The highest BCUT2D eigenvalue weighted by molar-refractivity contribution is 6.31. The molecule has 1 fully saturated rings. The third kappa shape index (κ3) is 8.36. The first-order chi connectivity index (χ1) is 26.0. The number of nitrogens with one attached hydrogen (secondary N) is 2. The molecule has 280 valence electrons. The molecule has 3 N–H and O–H groups in total. The van der Waals surface area contributed by atoms with E-state index in [4.69, 9.17) is 15.0 Å². The highest BCUT2D eigenvalue weighted by atomic mass is 16.3. The van der Waals surface area contributed by atoms with Crippen LogP contribution in [0.5, 0.6) is 5.75 Å². The van der Waals surface area contributed by atoms with Crippen LogP contribution >= 0.6 is 0 Å². The van der Waals surface area contributed by atoms with Gasteiger partial charge in [-0.05, 0) is 86.1 Å². The maximum Gasteiger partial charge on any atom is 0.328 e. The van der Waals surface area contributed by atoms with Crippen LogP contribution in [0.1, 0.15) is 66.1 Å². The number of barbiturate groups is 1. The van der Waals surface area contributed by atoms with Crippen molar-refractivity contribution in [2.24, 2.45) is 0 Å². The Labute approximate surface area is 320 Å². The molecule has 5 aromatic rings. The topological polar surface area (TPSA) is 154 Å². The number of anilines is 1. The van der Waals surface area contributed by atoms with Crippen LogP contribution in [-0.4, -0.2) is 50.9 Å². The molecule has 0 spiro atoms. The maximum atomic E-state index is 13.5. The van der Waals surface area contributed by atoms with Crippen LogP contribution < -0.4 is 15.5 Å². The van der Waals surface area contributed by atoms with E-state index in [1.807, 2.05) is 84.9 Å². The molecule has 5 amide bonds. The molecule has 11 nitrogen and oxygen atoms in total. The Kier molecular flexibility index (Phi) is 10.5. The number of phenols is 1. The second-order valence-corrected chi connectivity index (χ2v) is 15.1. The summed E-state index contributed by atoms with van der Waals surface area (Å²) in [7, 11) is 1.68. The number of aromatic hydroxyl groups is 1. The number of phenolic OH excluding ortho intramolecular Hbond substituents is 1. The number of aryl methyl sites for hydroxylation is 5. The van der Waals surface area contributed by atoms with Crippen molar-refractivity contribution in [1.29, 1.82) is 0 Å². The van der Waals surface area contributed by atoms with Gasteiger partial charge in [-0.15, -0.1) is 0 Å². The van der Waals surface area contributed by atoms with E-state index in [9.17, 15) is 24.3 Å². The Morgan fingerprint density at radius 2 is 1.24 bits per heavy atom. The Balaban J connectivity index is 1.32. The lowest BCUT2D eigenvalue weighted by atomic mass is 9.83. The third-order valence-electron chi connectivity index (χ3n) is 9.64. The van der Waals surface area contributed by atoms with Crippen molar-refractivity contribution in [3.05, 3.63) is 117 Å². The lowest BCUT2D eigenvalue weighted by molar-refractivity contribution is -0.124. The second-order valence-electron chi connectivity index (χ2n) is 15.1. The van der Waals surface area contributed by atoms with Gasteiger partial charge in [-0.2, -0.15) is 0 Å². The average molecular weight is 737 g/mol. The molecular formula is C44H44N6O5. The molecule has 0 unspecified atom stereocenters. The lowest BCUT2D eigenvalue weighted by Gasteiger charge is -2.24. The predicted octanol–water partition coefficient (Wildman–Crippen LogP) is 7.45. The fourth-order valence-corrected chi connectivity index (χ4v) is 6.58. The summed E-state index contributed by atoms with van der Waals surface area (Å²) in [4.78, 5) is 65.6. The summed E-state index contributed by atoms with van der Waals surface area (Å²) in [5.74, 6) is -0.297. The number of imide groups is 2. The Morgan fingerprint density at radius 3 is 1.73 bits per heavy atom. The van der Waals surface area contributed by atoms with Gasteiger partial charge >= 0.3 is 6.03 Å². The molecule has 11 heteroatoms. The van der Waals surface area contributed by atoms with Gasteiger partial charge in [0.25, 0.3) is 11.8 Å². The molecule has 2 heterocycles. The van der Waals surface area contributed by atoms with E-state index in [0.29, 0.717) is 46.3 Å². The molecule has 1 saturated heterocycles. The van der Waals surface area contributed by atoms with E-state index >= 15 is 0 Å². The van der Waals surface area contributed by atoms with Gasteiger partial charge in [-0.1, -0.05) is 86.5 Å². The minimum atomic E-state index is -0.865. The van der Waals surface area contributed by atoms with Crippen LogP contribution in [0.4, 0.5) is 10.5 Å². The fraction of sp³-hybridized carbons (Fsp3) is 0.250.